The number of nitrogens with one attached hydrogen (secondary N) is 2. The normalized spacial score (nSPS) is 17.5. The van der Waals surface area contributed by atoms with Crippen LogP contribution in [0.3, 0.4) is 0 Å². The zero-order valence-electron chi connectivity index (χ0n) is 23.7. The third-order valence-corrected chi connectivity index (χ3v) is 7.30. The van der Waals surface area contributed by atoms with Crippen molar-refractivity contribution in [1.82, 2.24) is 15.5 Å². The number of alkyl carbamates (subject to hydrolysis) is 1. The third kappa shape index (κ3) is 8.32. The Morgan fingerprint density at radius 1 is 0.949 bits per heavy atom. The monoisotopic (exact) mass is 533 g/mol. The van der Waals surface area contributed by atoms with Crippen molar-refractivity contribution >= 4 is 17.9 Å². The van der Waals surface area contributed by atoms with Crippen molar-refractivity contribution in [2.45, 2.75) is 109 Å². The van der Waals surface area contributed by atoms with Crippen LogP contribution in [-0.4, -0.2) is 46.5 Å². The fourth-order valence-corrected chi connectivity index (χ4v) is 5.36. The van der Waals surface area contributed by atoms with Crippen LogP contribution in [0, 0.1) is 6.92 Å². The second-order valence-corrected chi connectivity index (χ2v) is 12.0. The first-order chi connectivity index (χ1) is 18.6. The van der Waals surface area contributed by atoms with Crippen molar-refractivity contribution in [3.05, 3.63) is 71.3 Å². The quantitative estimate of drug-likeness (QED) is 0.439. The van der Waals surface area contributed by atoms with Gasteiger partial charge in [-0.25, -0.2) is 4.79 Å². The van der Waals surface area contributed by atoms with E-state index in [4.69, 9.17) is 4.74 Å². The number of amides is 3. The minimum absolute atomic E-state index is 0.0566. The van der Waals surface area contributed by atoms with E-state index in [1.54, 1.807) is 25.7 Å². The van der Waals surface area contributed by atoms with Crippen molar-refractivity contribution < 1.29 is 19.1 Å². The van der Waals surface area contributed by atoms with E-state index in [-0.39, 0.29) is 23.9 Å². The molecule has 0 aromatic heterocycles. The highest BCUT2D eigenvalue weighted by Gasteiger charge is 2.44. The number of hydrogen-bond acceptors (Lipinski definition) is 4. The molecule has 210 valence electrons. The first kappa shape index (κ1) is 28.7. The number of benzene rings is 2. The Morgan fingerprint density at radius 2 is 1.64 bits per heavy atom. The van der Waals surface area contributed by atoms with E-state index in [0.717, 1.165) is 55.2 Å². The van der Waals surface area contributed by atoms with Crippen LogP contribution in [0.1, 0.15) is 88.4 Å². The van der Waals surface area contributed by atoms with Crippen LogP contribution in [0.2, 0.25) is 0 Å². The molecule has 3 amide bonds. The molecule has 0 bridgehead atoms. The lowest BCUT2D eigenvalue weighted by molar-refractivity contribution is -0.143. The molecular formula is C32H43N3O4. The summed E-state index contributed by atoms with van der Waals surface area (Å²) in [5, 5.41) is 6.11. The largest absolute Gasteiger partial charge is 0.444 e. The average Bonchev–Trinajstić information content (AvgIpc) is 3.72. The van der Waals surface area contributed by atoms with E-state index >= 15 is 0 Å². The van der Waals surface area contributed by atoms with Gasteiger partial charge in [0.05, 0.1) is 0 Å². The van der Waals surface area contributed by atoms with Crippen LogP contribution in [0.4, 0.5) is 4.79 Å². The number of hydrogen-bond donors (Lipinski definition) is 2. The number of ether oxygens (including phenoxy) is 1. The smallest absolute Gasteiger partial charge is 0.408 e. The summed E-state index contributed by atoms with van der Waals surface area (Å²) in [4.78, 5) is 43.0. The van der Waals surface area contributed by atoms with Crippen molar-refractivity contribution in [2.75, 3.05) is 0 Å². The van der Waals surface area contributed by atoms with Crippen LogP contribution in [0.5, 0.6) is 0 Å². The zero-order chi connectivity index (χ0) is 28.0. The minimum atomic E-state index is -0.877. The molecule has 7 nitrogen and oxygen atoms in total. The van der Waals surface area contributed by atoms with Gasteiger partial charge in [0, 0.05) is 18.5 Å². The predicted octanol–water partition coefficient (Wildman–Crippen LogP) is 5.61. The molecular weight excluding hydrogens is 490 g/mol. The molecule has 2 aromatic carbocycles. The lowest BCUT2D eigenvalue weighted by atomic mass is 9.94. The highest BCUT2D eigenvalue weighted by Crippen LogP contribution is 2.36. The van der Waals surface area contributed by atoms with Gasteiger partial charge in [0.2, 0.25) is 11.8 Å². The average molecular weight is 534 g/mol. The van der Waals surface area contributed by atoms with E-state index < -0.39 is 23.8 Å². The first-order valence-corrected chi connectivity index (χ1v) is 14.3. The van der Waals surface area contributed by atoms with E-state index in [0.29, 0.717) is 6.42 Å². The molecule has 0 aliphatic heterocycles. The van der Waals surface area contributed by atoms with Crippen LogP contribution >= 0.6 is 0 Å². The number of nitrogens with zero attached hydrogens (tertiary/aromatic N) is 1. The van der Waals surface area contributed by atoms with E-state index in [1.807, 2.05) is 61.5 Å². The Bertz CT molecular complexity index is 1130. The summed E-state index contributed by atoms with van der Waals surface area (Å²) in [5.41, 5.74) is 2.03. The molecule has 2 aliphatic carbocycles. The molecule has 2 atom stereocenters. The summed E-state index contributed by atoms with van der Waals surface area (Å²) in [7, 11) is 0. The molecule has 4 rings (SSSR count). The predicted molar refractivity (Wildman–Crippen MR) is 152 cm³/mol. The van der Waals surface area contributed by atoms with Gasteiger partial charge in [0.1, 0.15) is 17.7 Å². The lowest BCUT2D eigenvalue weighted by Crippen LogP contribution is -2.55. The zero-order valence-corrected chi connectivity index (χ0v) is 23.7. The highest BCUT2D eigenvalue weighted by atomic mass is 16.6. The van der Waals surface area contributed by atoms with Gasteiger partial charge in [-0.15, -0.1) is 0 Å². The molecule has 2 unspecified atom stereocenters. The molecule has 7 heteroatoms. The number of carbonyl (C=O) groups excluding carboxylic acids is 3. The van der Waals surface area contributed by atoms with Gasteiger partial charge < -0.3 is 20.3 Å². The topological polar surface area (TPSA) is 87.7 Å². The van der Waals surface area contributed by atoms with Gasteiger partial charge in [-0.2, -0.15) is 0 Å². The molecule has 2 saturated carbocycles. The third-order valence-electron chi connectivity index (χ3n) is 7.30. The fourth-order valence-electron chi connectivity index (χ4n) is 5.36. The van der Waals surface area contributed by atoms with Gasteiger partial charge in [0.15, 0.2) is 0 Å². The summed E-state index contributed by atoms with van der Waals surface area (Å²) in [6.07, 6.45) is 6.62. The molecule has 2 N–H and O–H groups in total. The van der Waals surface area contributed by atoms with Crippen molar-refractivity contribution in [2.24, 2.45) is 0 Å². The molecule has 0 spiro atoms. The SMILES string of the molecule is Cc1cccc(C(C(=O)NC2CCCCC2)N(C(=O)C(Cc2ccccc2)NC(=O)OC(C)(C)C)C2CC2)c1. The van der Waals surface area contributed by atoms with Gasteiger partial charge in [-0.3, -0.25) is 9.59 Å². The maximum atomic E-state index is 14.4. The molecule has 2 aromatic rings. The fraction of sp³-hybridized carbons (Fsp3) is 0.531. The van der Waals surface area contributed by atoms with Crippen molar-refractivity contribution in [1.29, 1.82) is 0 Å². The Balaban J connectivity index is 1.67. The summed E-state index contributed by atoms with van der Waals surface area (Å²) in [6, 6.07) is 15.9. The standard InChI is InChI=1S/C32H43N3O4/c1-22-12-11-15-24(20-22)28(29(36)33-25-16-9-6-10-17-25)35(26-18-19-26)30(37)27(21-23-13-7-5-8-14-23)34-31(38)39-32(2,3)4/h5,7-8,11-15,20,25-28H,6,9-10,16-19,21H2,1-4H3,(H,33,36)(H,34,38). The van der Waals surface area contributed by atoms with Gasteiger partial charge in [-0.1, -0.05) is 79.4 Å². The van der Waals surface area contributed by atoms with Crippen molar-refractivity contribution in [3.63, 3.8) is 0 Å². The maximum absolute atomic E-state index is 14.4. The van der Waals surface area contributed by atoms with Gasteiger partial charge >= 0.3 is 6.09 Å². The maximum Gasteiger partial charge on any atom is 0.408 e. The van der Waals surface area contributed by atoms with Gasteiger partial charge in [-0.05, 0) is 64.5 Å². The second-order valence-electron chi connectivity index (χ2n) is 12.0. The van der Waals surface area contributed by atoms with Crippen LogP contribution in [0.25, 0.3) is 0 Å². The summed E-state index contributed by atoms with van der Waals surface area (Å²) in [6.45, 7) is 7.37. The molecule has 0 saturated heterocycles. The van der Waals surface area contributed by atoms with Crippen LogP contribution in [0.15, 0.2) is 54.6 Å². The Hall–Kier alpha value is -3.35. The minimum Gasteiger partial charge on any atom is -0.444 e. The van der Waals surface area contributed by atoms with Gasteiger partial charge in [0.25, 0.3) is 0 Å². The molecule has 2 fully saturated rings. The molecule has 0 radical (unpaired) electrons. The summed E-state index contributed by atoms with van der Waals surface area (Å²) >= 11 is 0. The highest BCUT2D eigenvalue weighted by molar-refractivity contribution is 5.93. The number of aryl methyl sites for hydroxylation is 1. The molecule has 2 aliphatic rings. The first-order valence-electron chi connectivity index (χ1n) is 14.3. The Kier molecular flexibility index (Phi) is 9.31. The number of carbonyl (C=O) groups is 3. The van der Waals surface area contributed by atoms with Crippen LogP contribution < -0.4 is 10.6 Å². The summed E-state index contributed by atoms with van der Waals surface area (Å²) in [5.74, 6) is -0.416. The van der Waals surface area contributed by atoms with Crippen LogP contribution in [-0.2, 0) is 20.7 Å². The molecule has 39 heavy (non-hydrogen) atoms. The van der Waals surface area contributed by atoms with E-state index in [1.165, 1.54) is 6.42 Å². The Morgan fingerprint density at radius 3 is 2.26 bits per heavy atom. The lowest BCUT2D eigenvalue weighted by Gasteiger charge is -2.36. The van der Waals surface area contributed by atoms with E-state index in [2.05, 4.69) is 10.6 Å². The van der Waals surface area contributed by atoms with Crippen molar-refractivity contribution in [3.8, 4) is 0 Å². The summed E-state index contributed by atoms with van der Waals surface area (Å²) < 4.78 is 5.52. The molecule has 0 heterocycles. The second kappa shape index (κ2) is 12.7. The number of rotatable bonds is 9. The Labute approximate surface area is 232 Å². The van der Waals surface area contributed by atoms with E-state index in [9.17, 15) is 14.4 Å².